The fourth-order valence-corrected chi connectivity index (χ4v) is 3.43. The Labute approximate surface area is 152 Å². The highest BCUT2D eigenvalue weighted by Crippen LogP contribution is 2.38. The molecule has 9 heteroatoms. The van der Waals surface area contributed by atoms with Crippen molar-refractivity contribution in [2.75, 3.05) is 18.5 Å². The van der Waals surface area contributed by atoms with E-state index in [2.05, 4.69) is 15.3 Å². The van der Waals surface area contributed by atoms with Crippen molar-refractivity contribution in [2.24, 2.45) is 0 Å². The molecule has 2 aromatic heterocycles. The Morgan fingerprint density at radius 3 is 2.85 bits per heavy atom. The minimum atomic E-state index is -1.21. The number of halogens is 3. The number of carbonyl (C=O) groups excluding carboxylic acids is 1. The molecule has 3 aromatic rings. The summed E-state index contributed by atoms with van der Waals surface area (Å²) >= 11 is 0. The molecule has 27 heavy (non-hydrogen) atoms. The summed E-state index contributed by atoms with van der Waals surface area (Å²) < 4.78 is 43.6. The van der Waals surface area contributed by atoms with Gasteiger partial charge in [0.25, 0.3) is 5.91 Å². The van der Waals surface area contributed by atoms with E-state index in [1.54, 1.807) is 11.1 Å². The minimum absolute atomic E-state index is 0.0108. The van der Waals surface area contributed by atoms with Crippen LogP contribution >= 0.6 is 0 Å². The van der Waals surface area contributed by atoms with E-state index in [0.29, 0.717) is 17.2 Å². The van der Waals surface area contributed by atoms with Crippen LogP contribution in [0, 0.1) is 11.6 Å². The SMILES string of the molecule is CNC(=O)c1cnc2cnc(N3C[C@@H](F)C[C@@H]3c3cc(F)ccc3F)cn12. The average molecular weight is 375 g/mol. The number of aromatic nitrogens is 3. The number of amides is 1. The number of nitrogens with one attached hydrogen (secondary N) is 1. The monoisotopic (exact) mass is 375 g/mol. The van der Waals surface area contributed by atoms with Gasteiger partial charge in [0.15, 0.2) is 5.65 Å². The van der Waals surface area contributed by atoms with E-state index in [9.17, 15) is 18.0 Å². The van der Waals surface area contributed by atoms with E-state index in [0.717, 1.165) is 18.2 Å². The maximum Gasteiger partial charge on any atom is 0.269 e. The molecule has 2 atom stereocenters. The highest BCUT2D eigenvalue weighted by molar-refractivity contribution is 5.93. The summed E-state index contributed by atoms with van der Waals surface area (Å²) in [6.07, 6.45) is 3.22. The Morgan fingerprint density at radius 2 is 2.07 bits per heavy atom. The van der Waals surface area contributed by atoms with Gasteiger partial charge in [-0.1, -0.05) is 0 Å². The van der Waals surface area contributed by atoms with Gasteiger partial charge >= 0.3 is 0 Å². The van der Waals surface area contributed by atoms with E-state index in [1.807, 2.05) is 0 Å². The molecular weight excluding hydrogens is 359 g/mol. The fourth-order valence-electron chi connectivity index (χ4n) is 3.43. The molecule has 6 nitrogen and oxygen atoms in total. The maximum absolute atomic E-state index is 14.3. The first-order chi connectivity index (χ1) is 13.0. The number of benzene rings is 1. The van der Waals surface area contributed by atoms with Crippen molar-refractivity contribution >= 4 is 17.4 Å². The summed E-state index contributed by atoms with van der Waals surface area (Å²) in [6, 6.07) is 2.44. The smallest absolute Gasteiger partial charge is 0.269 e. The Hall–Kier alpha value is -3.10. The maximum atomic E-state index is 14.3. The van der Waals surface area contributed by atoms with Gasteiger partial charge in [0, 0.05) is 19.0 Å². The molecule has 0 bridgehead atoms. The summed E-state index contributed by atoms with van der Waals surface area (Å²) in [4.78, 5) is 22.0. The van der Waals surface area contributed by atoms with Gasteiger partial charge in [-0.15, -0.1) is 0 Å². The van der Waals surface area contributed by atoms with Crippen LogP contribution in [-0.2, 0) is 0 Å². The summed E-state index contributed by atoms with van der Waals surface area (Å²) in [5.74, 6) is -1.18. The topological polar surface area (TPSA) is 62.5 Å². The van der Waals surface area contributed by atoms with Gasteiger partial charge in [-0.2, -0.15) is 0 Å². The Morgan fingerprint density at radius 1 is 1.26 bits per heavy atom. The molecule has 0 radical (unpaired) electrons. The van der Waals surface area contributed by atoms with Crippen molar-refractivity contribution in [3.63, 3.8) is 0 Å². The molecular formula is C18H16F3N5O. The number of anilines is 1. The second-order valence-electron chi connectivity index (χ2n) is 6.36. The van der Waals surface area contributed by atoms with Gasteiger partial charge < -0.3 is 10.2 Å². The number of fused-ring (bicyclic) bond motifs is 1. The van der Waals surface area contributed by atoms with Crippen molar-refractivity contribution in [2.45, 2.75) is 18.6 Å². The number of hydrogen-bond donors (Lipinski definition) is 1. The average Bonchev–Trinajstić information content (AvgIpc) is 3.26. The van der Waals surface area contributed by atoms with Crippen LogP contribution in [0.5, 0.6) is 0 Å². The summed E-state index contributed by atoms with van der Waals surface area (Å²) in [5, 5.41) is 2.52. The largest absolute Gasteiger partial charge is 0.354 e. The highest BCUT2D eigenvalue weighted by atomic mass is 19.1. The molecule has 0 saturated carbocycles. The van der Waals surface area contributed by atoms with Crippen LogP contribution in [-0.4, -0.2) is 40.0 Å². The third kappa shape index (κ3) is 2.98. The van der Waals surface area contributed by atoms with Crippen LogP contribution in [0.15, 0.2) is 36.8 Å². The van der Waals surface area contributed by atoms with Crippen LogP contribution in [0.3, 0.4) is 0 Å². The Bertz CT molecular complexity index is 1020. The molecule has 1 aromatic carbocycles. The van der Waals surface area contributed by atoms with Gasteiger partial charge in [0.1, 0.15) is 29.3 Å². The lowest BCUT2D eigenvalue weighted by Gasteiger charge is -2.26. The quantitative estimate of drug-likeness (QED) is 0.765. The van der Waals surface area contributed by atoms with Gasteiger partial charge in [0.2, 0.25) is 0 Å². The lowest BCUT2D eigenvalue weighted by atomic mass is 10.0. The van der Waals surface area contributed by atoms with Gasteiger partial charge in [-0.25, -0.2) is 23.1 Å². The molecule has 140 valence electrons. The lowest BCUT2D eigenvalue weighted by molar-refractivity contribution is 0.0957. The number of carbonyl (C=O) groups is 1. The van der Waals surface area contributed by atoms with Gasteiger partial charge in [0.05, 0.1) is 31.2 Å². The van der Waals surface area contributed by atoms with Crippen molar-refractivity contribution in [3.8, 4) is 0 Å². The Balaban J connectivity index is 1.78. The van der Waals surface area contributed by atoms with Crippen molar-refractivity contribution in [3.05, 3.63) is 59.7 Å². The van der Waals surface area contributed by atoms with Crippen LogP contribution in [0.4, 0.5) is 19.0 Å². The predicted octanol–water partition coefficient (Wildman–Crippen LogP) is 2.66. The molecule has 1 aliphatic heterocycles. The van der Waals surface area contributed by atoms with Crippen LogP contribution in [0.25, 0.3) is 5.65 Å². The standard InChI is InChI=1S/C18H16F3N5O/c1-22-18(27)15-6-23-16-7-24-17(9-26(15)16)25-8-11(20)5-14(25)12-4-10(19)2-3-13(12)21/h2-4,6-7,9,11,14H,5,8H2,1H3,(H,22,27)/t11-,14+/m0/s1. The summed E-state index contributed by atoms with van der Waals surface area (Å²) in [7, 11) is 1.50. The number of hydrogen-bond acceptors (Lipinski definition) is 4. The molecule has 1 N–H and O–H groups in total. The van der Waals surface area contributed by atoms with Crippen LogP contribution in [0.1, 0.15) is 28.5 Å². The Kier molecular flexibility index (Phi) is 4.21. The molecule has 1 amide bonds. The lowest BCUT2D eigenvalue weighted by Crippen LogP contribution is -2.26. The van der Waals surface area contributed by atoms with Gasteiger partial charge in [-0.05, 0) is 18.2 Å². The number of nitrogens with zero attached hydrogens (tertiary/aromatic N) is 4. The molecule has 1 fully saturated rings. The zero-order valence-corrected chi connectivity index (χ0v) is 14.4. The molecule has 0 unspecified atom stereocenters. The van der Waals surface area contributed by atoms with E-state index < -0.39 is 23.8 Å². The normalized spacial score (nSPS) is 19.6. The molecule has 0 aliphatic carbocycles. The molecule has 4 rings (SSSR count). The first kappa shape index (κ1) is 17.3. The number of alkyl halides is 1. The second kappa shape index (κ2) is 6.57. The predicted molar refractivity (Wildman–Crippen MR) is 92.3 cm³/mol. The molecule has 1 aliphatic rings. The van der Waals surface area contributed by atoms with E-state index >= 15 is 0 Å². The van der Waals surface area contributed by atoms with E-state index in [1.165, 1.54) is 23.8 Å². The minimum Gasteiger partial charge on any atom is -0.354 e. The summed E-state index contributed by atoms with van der Waals surface area (Å²) in [5.41, 5.74) is 0.816. The third-order valence-electron chi connectivity index (χ3n) is 4.70. The first-order valence-electron chi connectivity index (χ1n) is 8.38. The zero-order valence-electron chi connectivity index (χ0n) is 14.4. The van der Waals surface area contributed by atoms with Crippen molar-refractivity contribution in [1.82, 2.24) is 19.7 Å². The molecule has 3 heterocycles. The number of imidazole rings is 1. The molecule has 1 saturated heterocycles. The highest BCUT2D eigenvalue weighted by Gasteiger charge is 2.36. The van der Waals surface area contributed by atoms with Gasteiger partial charge in [-0.3, -0.25) is 9.20 Å². The fraction of sp³-hybridized carbons (Fsp3) is 0.278. The van der Waals surface area contributed by atoms with E-state index in [4.69, 9.17) is 0 Å². The van der Waals surface area contributed by atoms with Crippen LogP contribution < -0.4 is 10.2 Å². The zero-order chi connectivity index (χ0) is 19.1. The van der Waals surface area contributed by atoms with Crippen LogP contribution in [0.2, 0.25) is 0 Å². The second-order valence-corrected chi connectivity index (χ2v) is 6.36. The van der Waals surface area contributed by atoms with Crippen molar-refractivity contribution < 1.29 is 18.0 Å². The van der Waals surface area contributed by atoms with Crippen molar-refractivity contribution in [1.29, 1.82) is 0 Å². The molecule has 0 spiro atoms. The first-order valence-corrected chi connectivity index (χ1v) is 8.38. The number of rotatable bonds is 3. The van der Waals surface area contributed by atoms with E-state index in [-0.39, 0.29) is 24.4 Å². The summed E-state index contributed by atoms with van der Waals surface area (Å²) in [6.45, 7) is -0.0108. The third-order valence-corrected chi connectivity index (χ3v) is 4.70.